The van der Waals surface area contributed by atoms with Gasteiger partial charge in [0.05, 0.1) is 6.04 Å². The number of rotatable bonds is 7. The molecular formula is C14H23N3O3S. The van der Waals surface area contributed by atoms with Gasteiger partial charge in [-0.2, -0.15) is 0 Å². The topological polar surface area (TPSA) is 91.3 Å². The van der Waals surface area contributed by atoms with E-state index < -0.39 is 5.97 Å². The van der Waals surface area contributed by atoms with E-state index >= 15 is 0 Å². The number of nitrogens with zero attached hydrogens (tertiary/aromatic N) is 1. The monoisotopic (exact) mass is 313 g/mol. The number of carboxylic acids is 1. The summed E-state index contributed by atoms with van der Waals surface area (Å²) >= 11 is 1.23. The van der Waals surface area contributed by atoms with Crippen LogP contribution in [0.3, 0.4) is 0 Å². The lowest BCUT2D eigenvalue weighted by atomic mass is 10.0. The highest BCUT2D eigenvalue weighted by atomic mass is 32.1. The highest BCUT2D eigenvalue weighted by Crippen LogP contribution is 2.18. The van der Waals surface area contributed by atoms with Crippen LogP contribution in [0.4, 0.5) is 4.79 Å². The van der Waals surface area contributed by atoms with Crippen molar-refractivity contribution in [3.8, 4) is 0 Å². The van der Waals surface area contributed by atoms with E-state index in [1.807, 2.05) is 6.92 Å². The van der Waals surface area contributed by atoms with Gasteiger partial charge in [0, 0.05) is 11.4 Å². The Balaban J connectivity index is 2.47. The average Bonchev–Trinajstić information content (AvgIpc) is 2.87. The van der Waals surface area contributed by atoms with E-state index in [1.54, 1.807) is 6.92 Å². The molecular weight excluding hydrogens is 290 g/mol. The maximum Gasteiger partial charge on any atom is 0.355 e. The molecule has 6 nitrogen and oxygen atoms in total. The van der Waals surface area contributed by atoms with Crippen molar-refractivity contribution in [2.75, 3.05) is 0 Å². The molecule has 2 amide bonds. The van der Waals surface area contributed by atoms with Crippen LogP contribution in [0.15, 0.2) is 5.38 Å². The first-order valence-corrected chi connectivity index (χ1v) is 7.97. The first-order chi connectivity index (χ1) is 9.83. The lowest BCUT2D eigenvalue weighted by Crippen LogP contribution is -2.42. The minimum absolute atomic E-state index is 0.00852. The summed E-state index contributed by atoms with van der Waals surface area (Å²) in [6.07, 6.45) is 2.01. The number of urea groups is 1. The minimum atomic E-state index is -1.06. The molecule has 21 heavy (non-hydrogen) atoms. The van der Waals surface area contributed by atoms with Crippen molar-refractivity contribution >= 4 is 23.3 Å². The molecule has 0 saturated carbocycles. The summed E-state index contributed by atoms with van der Waals surface area (Å²) in [5, 5.41) is 16.5. The van der Waals surface area contributed by atoms with E-state index in [2.05, 4.69) is 29.5 Å². The van der Waals surface area contributed by atoms with Gasteiger partial charge >= 0.3 is 12.0 Å². The lowest BCUT2D eigenvalue weighted by Gasteiger charge is -2.19. The maximum absolute atomic E-state index is 11.9. The third kappa shape index (κ3) is 5.71. The average molecular weight is 313 g/mol. The molecule has 3 unspecified atom stereocenters. The molecule has 118 valence electrons. The van der Waals surface area contributed by atoms with Crippen molar-refractivity contribution in [2.24, 2.45) is 5.92 Å². The molecule has 7 heteroatoms. The van der Waals surface area contributed by atoms with Crippen LogP contribution in [0, 0.1) is 5.92 Å². The third-order valence-corrected chi connectivity index (χ3v) is 4.32. The number of carbonyl (C=O) groups is 2. The number of amides is 2. The molecule has 0 aliphatic heterocycles. The van der Waals surface area contributed by atoms with Crippen LogP contribution >= 0.6 is 11.3 Å². The quantitative estimate of drug-likeness (QED) is 0.721. The SMILES string of the molecule is CCC(C)CC(C)NC(=O)NC(C)c1nc(C(=O)O)cs1. The van der Waals surface area contributed by atoms with Gasteiger partial charge in [0.2, 0.25) is 0 Å². The fourth-order valence-electron chi connectivity index (χ4n) is 1.94. The Morgan fingerprint density at radius 2 is 2.00 bits per heavy atom. The summed E-state index contributed by atoms with van der Waals surface area (Å²) < 4.78 is 0. The van der Waals surface area contributed by atoms with Crippen molar-refractivity contribution in [2.45, 2.75) is 52.6 Å². The van der Waals surface area contributed by atoms with Gasteiger partial charge in [0.25, 0.3) is 0 Å². The largest absolute Gasteiger partial charge is 0.476 e. The molecule has 0 aromatic carbocycles. The van der Waals surface area contributed by atoms with Crippen molar-refractivity contribution < 1.29 is 14.7 Å². The summed E-state index contributed by atoms with van der Waals surface area (Å²) in [5.41, 5.74) is 0.00852. The van der Waals surface area contributed by atoms with E-state index in [0.29, 0.717) is 10.9 Å². The molecule has 0 fully saturated rings. The second-order valence-electron chi connectivity index (χ2n) is 5.37. The standard InChI is InChI=1S/C14H23N3O3S/c1-5-8(2)6-9(3)15-14(20)16-10(4)12-17-11(7-21-12)13(18)19/h7-10H,5-6H2,1-4H3,(H,18,19)(H2,15,16,20). The second-order valence-corrected chi connectivity index (χ2v) is 6.26. The first kappa shape index (κ1) is 17.4. The van der Waals surface area contributed by atoms with Crippen LogP contribution in [0.5, 0.6) is 0 Å². The van der Waals surface area contributed by atoms with Crippen molar-refractivity contribution in [1.82, 2.24) is 15.6 Å². The van der Waals surface area contributed by atoms with Gasteiger partial charge in [-0.25, -0.2) is 14.6 Å². The summed E-state index contributed by atoms with van der Waals surface area (Å²) in [5.74, 6) is -0.494. The van der Waals surface area contributed by atoms with Gasteiger partial charge < -0.3 is 15.7 Å². The number of hydrogen-bond donors (Lipinski definition) is 3. The first-order valence-electron chi connectivity index (χ1n) is 7.09. The predicted octanol–water partition coefficient (Wildman–Crippen LogP) is 3.03. The van der Waals surface area contributed by atoms with Gasteiger partial charge in [0.1, 0.15) is 5.01 Å². The number of aromatic nitrogens is 1. The maximum atomic E-state index is 11.9. The zero-order valence-electron chi connectivity index (χ0n) is 12.8. The van der Waals surface area contributed by atoms with Gasteiger partial charge in [-0.1, -0.05) is 20.3 Å². The Labute approximate surface area is 129 Å². The predicted molar refractivity (Wildman–Crippen MR) is 82.7 cm³/mol. The molecule has 1 aromatic rings. The number of carboxylic acid groups (broad SMARTS) is 1. The molecule has 3 N–H and O–H groups in total. The normalized spacial score (nSPS) is 15.0. The summed E-state index contributed by atoms with van der Waals surface area (Å²) in [6.45, 7) is 8.04. The van der Waals surface area contributed by atoms with Crippen molar-refractivity contribution in [1.29, 1.82) is 0 Å². The van der Waals surface area contributed by atoms with Crippen LogP contribution in [-0.2, 0) is 0 Å². The summed E-state index contributed by atoms with van der Waals surface area (Å²) in [6, 6.07) is -0.484. The lowest BCUT2D eigenvalue weighted by molar-refractivity contribution is 0.0691. The van der Waals surface area contributed by atoms with E-state index in [4.69, 9.17) is 5.11 Å². The van der Waals surface area contributed by atoms with E-state index in [-0.39, 0.29) is 23.8 Å². The van der Waals surface area contributed by atoms with E-state index in [0.717, 1.165) is 12.8 Å². The fraction of sp³-hybridized carbons (Fsp3) is 0.643. The number of carbonyl (C=O) groups excluding carboxylic acids is 1. The van der Waals surface area contributed by atoms with Gasteiger partial charge in [-0.15, -0.1) is 11.3 Å². The zero-order chi connectivity index (χ0) is 16.0. The van der Waals surface area contributed by atoms with Crippen LogP contribution in [-0.4, -0.2) is 28.1 Å². The number of nitrogens with one attached hydrogen (secondary N) is 2. The Morgan fingerprint density at radius 3 is 2.52 bits per heavy atom. The molecule has 1 aromatic heterocycles. The molecule has 1 heterocycles. The Bertz CT molecular complexity index is 490. The number of aromatic carboxylic acids is 1. The molecule has 1 rings (SSSR count). The van der Waals surface area contributed by atoms with Gasteiger partial charge in [-0.3, -0.25) is 0 Å². The highest BCUT2D eigenvalue weighted by Gasteiger charge is 2.17. The number of thiazole rings is 1. The third-order valence-electron chi connectivity index (χ3n) is 3.29. The molecule has 0 radical (unpaired) electrons. The van der Waals surface area contributed by atoms with Crippen molar-refractivity contribution in [3.63, 3.8) is 0 Å². The Hall–Kier alpha value is -1.63. The van der Waals surface area contributed by atoms with Crippen LogP contribution < -0.4 is 10.6 Å². The smallest absolute Gasteiger partial charge is 0.355 e. The van der Waals surface area contributed by atoms with Gasteiger partial charge in [0.15, 0.2) is 5.69 Å². The number of hydrogen-bond acceptors (Lipinski definition) is 4. The molecule has 0 spiro atoms. The van der Waals surface area contributed by atoms with E-state index in [1.165, 1.54) is 16.7 Å². The minimum Gasteiger partial charge on any atom is -0.476 e. The fourth-order valence-corrected chi connectivity index (χ4v) is 2.74. The Morgan fingerprint density at radius 1 is 1.33 bits per heavy atom. The highest BCUT2D eigenvalue weighted by molar-refractivity contribution is 7.09. The molecule has 0 saturated heterocycles. The summed E-state index contributed by atoms with van der Waals surface area (Å²) in [7, 11) is 0. The van der Waals surface area contributed by atoms with Crippen molar-refractivity contribution in [3.05, 3.63) is 16.1 Å². The van der Waals surface area contributed by atoms with Crippen LogP contribution in [0.25, 0.3) is 0 Å². The molecule has 0 bridgehead atoms. The second kappa shape index (κ2) is 7.97. The zero-order valence-corrected chi connectivity index (χ0v) is 13.7. The van der Waals surface area contributed by atoms with Crippen LogP contribution in [0.1, 0.15) is 62.1 Å². The molecule has 0 aliphatic carbocycles. The van der Waals surface area contributed by atoms with Gasteiger partial charge in [-0.05, 0) is 26.2 Å². The molecule has 0 aliphatic rings. The van der Waals surface area contributed by atoms with Crippen LogP contribution in [0.2, 0.25) is 0 Å². The summed E-state index contributed by atoms with van der Waals surface area (Å²) in [4.78, 5) is 26.6. The Kier molecular flexibility index (Phi) is 6.61. The van der Waals surface area contributed by atoms with E-state index in [9.17, 15) is 9.59 Å². The molecule has 3 atom stereocenters.